The first kappa shape index (κ1) is 30.4. The summed E-state index contributed by atoms with van der Waals surface area (Å²) in [6.45, 7) is 12.6. The third kappa shape index (κ3) is 7.04. The van der Waals surface area contributed by atoms with Gasteiger partial charge in [0.25, 0.3) is 5.91 Å². The first-order chi connectivity index (χ1) is 19.7. The number of amides is 3. The second kappa shape index (κ2) is 13.9. The van der Waals surface area contributed by atoms with Gasteiger partial charge in [-0.3, -0.25) is 14.4 Å². The van der Waals surface area contributed by atoms with E-state index in [0.29, 0.717) is 25.0 Å². The Balaban J connectivity index is 0.000000218. The summed E-state index contributed by atoms with van der Waals surface area (Å²) in [4.78, 5) is 44.7. The quantitative estimate of drug-likeness (QED) is 0.318. The molecule has 0 radical (unpaired) electrons. The van der Waals surface area contributed by atoms with Crippen molar-refractivity contribution in [2.75, 3.05) is 6.54 Å². The Bertz CT molecular complexity index is 1370. The molecule has 3 aromatic rings. The number of nitrogens with zero attached hydrogens (tertiary/aromatic N) is 3. The molecule has 1 N–H and O–H groups in total. The minimum Gasteiger partial charge on any atom is -0.350 e. The summed E-state index contributed by atoms with van der Waals surface area (Å²) in [6.07, 6.45) is 4.44. The third-order valence-electron chi connectivity index (χ3n) is 8.22. The summed E-state index contributed by atoms with van der Waals surface area (Å²) in [7, 11) is 0. The van der Waals surface area contributed by atoms with Crippen LogP contribution < -0.4 is 5.32 Å². The van der Waals surface area contributed by atoms with Crippen LogP contribution in [0.15, 0.2) is 48.0 Å². The fourth-order valence-corrected chi connectivity index (χ4v) is 6.29. The van der Waals surface area contributed by atoms with Crippen LogP contribution in [0.3, 0.4) is 0 Å². The number of carbonyl (C=O) groups excluding carboxylic acids is 3. The number of rotatable bonds is 9. The zero-order valence-corrected chi connectivity index (χ0v) is 25.7. The molecule has 5 rings (SSSR count). The normalized spacial score (nSPS) is 16.8. The summed E-state index contributed by atoms with van der Waals surface area (Å²) in [6, 6.07) is 14.3. The van der Waals surface area contributed by atoms with E-state index in [1.807, 2.05) is 41.6 Å². The van der Waals surface area contributed by atoms with E-state index in [2.05, 4.69) is 56.2 Å². The Morgan fingerprint density at radius 2 is 1.95 bits per heavy atom. The fraction of sp³-hybridized carbons (Fsp3) is 0.455. The number of aromatic nitrogens is 1. The van der Waals surface area contributed by atoms with E-state index in [1.165, 1.54) is 16.0 Å². The number of aryl methyl sites for hydroxylation is 2. The van der Waals surface area contributed by atoms with Gasteiger partial charge in [-0.1, -0.05) is 57.5 Å². The van der Waals surface area contributed by atoms with Crippen LogP contribution in [0.4, 0.5) is 0 Å². The molecule has 3 heterocycles. The molecule has 2 unspecified atom stereocenters. The average Bonchev–Trinajstić information content (AvgIpc) is 3.71. The lowest BCUT2D eigenvalue weighted by molar-refractivity contribution is -0.131. The van der Waals surface area contributed by atoms with Crippen LogP contribution in [0.2, 0.25) is 0 Å². The first-order valence-corrected chi connectivity index (χ1v) is 15.5. The molecule has 7 nitrogen and oxygen atoms in total. The smallest absolute Gasteiger partial charge is 0.254 e. The Morgan fingerprint density at radius 1 is 1.17 bits per heavy atom. The van der Waals surface area contributed by atoms with Crippen LogP contribution in [0.1, 0.15) is 79.7 Å². The minimum absolute atomic E-state index is 0.0561. The van der Waals surface area contributed by atoms with Crippen LogP contribution >= 0.6 is 11.3 Å². The van der Waals surface area contributed by atoms with Gasteiger partial charge in [0.15, 0.2) is 0 Å². The highest BCUT2D eigenvalue weighted by Gasteiger charge is 2.31. The van der Waals surface area contributed by atoms with Crippen molar-refractivity contribution >= 4 is 29.6 Å². The molecule has 2 atom stereocenters. The van der Waals surface area contributed by atoms with Crippen LogP contribution in [0.5, 0.6) is 0 Å². The Hall–Kier alpha value is -3.52. The monoisotopic (exact) mass is 574 g/mol. The van der Waals surface area contributed by atoms with Gasteiger partial charge >= 0.3 is 0 Å². The van der Waals surface area contributed by atoms with Gasteiger partial charge in [0, 0.05) is 31.2 Å². The van der Waals surface area contributed by atoms with E-state index in [1.54, 1.807) is 16.2 Å². The van der Waals surface area contributed by atoms with Crippen molar-refractivity contribution in [1.29, 1.82) is 0 Å². The van der Waals surface area contributed by atoms with Crippen molar-refractivity contribution in [3.05, 3.63) is 75.9 Å². The molecule has 0 spiro atoms. The molecule has 218 valence electrons. The van der Waals surface area contributed by atoms with Gasteiger partial charge in [-0.25, -0.2) is 4.98 Å². The maximum Gasteiger partial charge on any atom is 0.254 e. The molecule has 2 aliphatic heterocycles. The van der Waals surface area contributed by atoms with Crippen molar-refractivity contribution in [3.8, 4) is 10.4 Å². The number of thiazole rings is 1. The zero-order chi connectivity index (χ0) is 29.5. The van der Waals surface area contributed by atoms with E-state index in [0.717, 1.165) is 61.0 Å². The number of carbonyl (C=O) groups is 3. The number of hydrogen-bond donors (Lipinski definition) is 1. The summed E-state index contributed by atoms with van der Waals surface area (Å²) >= 11 is 1.65. The first-order valence-electron chi connectivity index (χ1n) is 14.6. The van der Waals surface area contributed by atoms with E-state index < -0.39 is 0 Å². The second-order valence-corrected chi connectivity index (χ2v) is 12.1. The maximum atomic E-state index is 12.4. The van der Waals surface area contributed by atoms with Crippen LogP contribution in [0.25, 0.3) is 10.4 Å². The molecular formula is C33H42N4O3S. The van der Waals surface area contributed by atoms with Gasteiger partial charge in [-0.05, 0) is 73.4 Å². The molecule has 2 aliphatic rings. The summed E-state index contributed by atoms with van der Waals surface area (Å²) in [5, 5.41) is 3.02. The van der Waals surface area contributed by atoms with E-state index >= 15 is 0 Å². The van der Waals surface area contributed by atoms with Crippen molar-refractivity contribution < 1.29 is 14.4 Å². The van der Waals surface area contributed by atoms with Crippen molar-refractivity contribution in [2.24, 2.45) is 5.92 Å². The van der Waals surface area contributed by atoms with Gasteiger partial charge in [0.1, 0.15) is 6.04 Å². The number of fused-ring (bicyclic) bond motifs is 1. The molecule has 0 saturated carbocycles. The lowest BCUT2D eigenvalue weighted by Crippen LogP contribution is -2.42. The van der Waals surface area contributed by atoms with Gasteiger partial charge in [-0.2, -0.15) is 0 Å². The highest BCUT2D eigenvalue weighted by atomic mass is 32.1. The predicted molar refractivity (Wildman–Crippen MR) is 165 cm³/mol. The van der Waals surface area contributed by atoms with E-state index in [-0.39, 0.29) is 17.9 Å². The molecule has 1 aromatic heterocycles. The highest BCUT2D eigenvalue weighted by Crippen LogP contribution is 2.30. The van der Waals surface area contributed by atoms with Gasteiger partial charge in [0.2, 0.25) is 12.3 Å². The topological polar surface area (TPSA) is 82.6 Å². The molecular weight excluding hydrogens is 532 g/mol. The van der Waals surface area contributed by atoms with Gasteiger partial charge in [0.05, 0.1) is 16.1 Å². The lowest BCUT2D eigenvalue weighted by Gasteiger charge is -2.27. The van der Waals surface area contributed by atoms with Crippen LogP contribution in [-0.4, -0.2) is 51.6 Å². The number of likely N-dealkylation sites (tertiary alicyclic amines) is 1. The molecule has 2 aromatic carbocycles. The SMILES string of the molecule is CC(C)C(C)N1Cc2ccccc2C1=O.CCCc1cc(-c2scnc2C)ccc1CNC(=O)C1CCCN1C=O. The second-order valence-electron chi connectivity index (χ2n) is 11.3. The van der Waals surface area contributed by atoms with Crippen LogP contribution in [-0.2, 0) is 29.1 Å². The number of hydrogen-bond acceptors (Lipinski definition) is 5. The Labute approximate surface area is 248 Å². The van der Waals surface area contributed by atoms with Gasteiger partial charge < -0.3 is 15.1 Å². The number of nitrogens with one attached hydrogen (secondary N) is 1. The molecule has 1 fully saturated rings. The summed E-state index contributed by atoms with van der Waals surface area (Å²) in [5.74, 6) is 0.634. The summed E-state index contributed by atoms with van der Waals surface area (Å²) in [5.41, 5.74) is 8.55. The number of benzene rings is 2. The highest BCUT2D eigenvalue weighted by molar-refractivity contribution is 7.13. The van der Waals surface area contributed by atoms with E-state index in [9.17, 15) is 14.4 Å². The third-order valence-corrected chi connectivity index (χ3v) is 9.20. The lowest BCUT2D eigenvalue weighted by atomic mass is 9.99. The molecule has 0 aliphatic carbocycles. The van der Waals surface area contributed by atoms with Crippen molar-refractivity contribution in [3.63, 3.8) is 0 Å². The van der Waals surface area contributed by atoms with E-state index in [4.69, 9.17) is 0 Å². The molecule has 3 amide bonds. The standard InChI is InChI=1S/C20H25N3O2S.C13H17NO/c1-3-5-15-10-16(19-14(2)22-12-26-19)7-8-17(15)11-21-20(25)18-6-4-9-23(18)13-24;1-9(2)10(3)14-8-11-6-4-5-7-12(11)13(14)15/h7-8,10,12-13,18H,3-6,9,11H2,1-2H3,(H,21,25);4-7,9-10H,8H2,1-3H3. The molecule has 1 saturated heterocycles. The largest absolute Gasteiger partial charge is 0.350 e. The maximum absolute atomic E-state index is 12.4. The van der Waals surface area contributed by atoms with Crippen molar-refractivity contribution in [2.45, 2.75) is 85.5 Å². The fourth-order valence-electron chi connectivity index (χ4n) is 5.48. The Morgan fingerprint density at radius 3 is 2.61 bits per heavy atom. The molecule has 8 heteroatoms. The minimum atomic E-state index is -0.318. The molecule has 0 bridgehead atoms. The summed E-state index contributed by atoms with van der Waals surface area (Å²) < 4.78 is 0. The molecule has 41 heavy (non-hydrogen) atoms. The van der Waals surface area contributed by atoms with Crippen molar-refractivity contribution in [1.82, 2.24) is 20.1 Å². The zero-order valence-electron chi connectivity index (χ0n) is 24.9. The van der Waals surface area contributed by atoms with Gasteiger partial charge in [-0.15, -0.1) is 11.3 Å². The Kier molecular flexibility index (Phi) is 10.3. The average molecular weight is 575 g/mol. The van der Waals surface area contributed by atoms with Crippen LogP contribution in [0, 0.1) is 12.8 Å². The predicted octanol–water partition coefficient (Wildman–Crippen LogP) is 5.99.